The number of urea groups is 1. The minimum absolute atomic E-state index is 0.0194. The second kappa shape index (κ2) is 4.96. The van der Waals surface area contributed by atoms with Crippen LogP contribution >= 0.6 is 0 Å². The minimum atomic E-state index is -1.30. The Hall–Kier alpha value is -2.37. The molecule has 3 amide bonds. The number of carboxylic acid groups (broad SMARTS) is 1. The average Bonchev–Trinajstić information content (AvgIpc) is 2.62. The molecular formula is C14H16N2O4. The third-order valence-corrected chi connectivity index (χ3v) is 3.56. The molecule has 1 aliphatic heterocycles. The summed E-state index contributed by atoms with van der Waals surface area (Å²) in [5.41, 5.74) is 1.05. The van der Waals surface area contributed by atoms with Crippen molar-refractivity contribution in [3.05, 3.63) is 34.9 Å². The molecule has 1 aromatic rings. The summed E-state index contributed by atoms with van der Waals surface area (Å²) in [7, 11) is 0. The van der Waals surface area contributed by atoms with Crippen molar-refractivity contribution in [2.24, 2.45) is 0 Å². The predicted molar refractivity (Wildman–Crippen MR) is 71.1 cm³/mol. The number of aliphatic carboxylic acids is 1. The smallest absolute Gasteiger partial charge is 0.322 e. The molecule has 1 heterocycles. The first-order chi connectivity index (χ1) is 9.36. The molecule has 2 rings (SSSR count). The highest BCUT2D eigenvalue weighted by Gasteiger charge is 2.49. The number of carbonyl (C=O) groups is 3. The molecule has 0 bridgehead atoms. The van der Waals surface area contributed by atoms with Gasteiger partial charge in [-0.3, -0.25) is 14.9 Å². The van der Waals surface area contributed by atoms with Crippen LogP contribution in [0.4, 0.5) is 4.79 Å². The van der Waals surface area contributed by atoms with Crippen LogP contribution < -0.4 is 10.6 Å². The van der Waals surface area contributed by atoms with Crippen LogP contribution in [0.15, 0.2) is 18.2 Å². The Labute approximate surface area is 116 Å². The van der Waals surface area contributed by atoms with Crippen molar-refractivity contribution in [1.29, 1.82) is 0 Å². The molecule has 1 unspecified atom stereocenters. The maximum atomic E-state index is 12.2. The number of hydrogen-bond acceptors (Lipinski definition) is 3. The zero-order valence-corrected chi connectivity index (χ0v) is 11.3. The van der Waals surface area contributed by atoms with Gasteiger partial charge in [-0.1, -0.05) is 18.2 Å². The van der Waals surface area contributed by atoms with E-state index in [0.29, 0.717) is 5.56 Å². The van der Waals surface area contributed by atoms with Crippen molar-refractivity contribution in [3.8, 4) is 0 Å². The molecule has 0 aromatic heterocycles. The van der Waals surface area contributed by atoms with E-state index >= 15 is 0 Å². The fourth-order valence-electron chi connectivity index (χ4n) is 2.75. The molecule has 6 heteroatoms. The van der Waals surface area contributed by atoms with Gasteiger partial charge in [0.25, 0.3) is 5.91 Å². The quantitative estimate of drug-likeness (QED) is 0.720. The van der Waals surface area contributed by atoms with Crippen molar-refractivity contribution >= 4 is 17.9 Å². The number of rotatable bonds is 4. The van der Waals surface area contributed by atoms with Gasteiger partial charge in [0, 0.05) is 6.42 Å². The van der Waals surface area contributed by atoms with Gasteiger partial charge in [0.1, 0.15) is 5.54 Å². The molecule has 6 nitrogen and oxygen atoms in total. The van der Waals surface area contributed by atoms with E-state index in [1.165, 1.54) is 0 Å². The van der Waals surface area contributed by atoms with Crippen LogP contribution in [0.3, 0.4) is 0 Å². The van der Waals surface area contributed by atoms with Crippen LogP contribution in [-0.4, -0.2) is 23.0 Å². The van der Waals surface area contributed by atoms with E-state index in [2.05, 4.69) is 10.6 Å². The van der Waals surface area contributed by atoms with E-state index in [1.807, 2.05) is 32.0 Å². The van der Waals surface area contributed by atoms with Gasteiger partial charge in [0.2, 0.25) is 0 Å². The Morgan fingerprint density at radius 3 is 2.30 bits per heavy atom. The van der Waals surface area contributed by atoms with Crippen LogP contribution in [0, 0.1) is 13.8 Å². The van der Waals surface area contributed by atoms with Crippen LogP contribution in [0.2, 0.25) is 0 Å². The van der Waals surface area contributed by atoms with E-state index in [9.17, 15) is 14.4 Å². The first-order valence-corrected chi connectivity index (χ1v) is 6.29. The Kier molecular flexibility index (Phi) is 3.48. The van der Waals surface area contributed by atoms with Gasteiger partial charge in [-0.25, -0.2) is 4.79 Å². The third kappa shape index (κ3) is 2.24. The maximum Gasteiger partial charge on any atom is 0.322 e. The van der Waals surface area contributed by atoms with Crippen molar-refractivity contribution < 1.29 is 19.5 Å². The number of carboxylic acids is 1. The fourth-order valence-corrected chi connectivity index (χ4v) is 2.75. The molecule has 0 spiro atoms. The number of carbonyl (C=O) groups excluding carboxylic acids is 2. The lowest BCUT2D eigenvalue weighted by Gasteiger charge is -2.29. The molecule has 106 valence electrons. The second-order valence-corrected chi connectivity index (χ2v) is 4.97. The second-order valence-electron chi connectivity index (χ2n) is 4.97. The molecule has 0 aliphatic carbocycles. The van der Waals surface area contributed by atoms with Crippen LogP contribution in [0.1, 0.15) is 29.5 Å². The van der Waals surface area contributed by atoms with Crippen molar-refractivity contribution in [2.45, 2.75) is 32.2 Å². The van der Waals surface area contributed by atoms with Gasteiger partial charge >= 0.3 is 12.0 Å². The van der Waals surface area contributed by atoms with Crippen molar-refractivity contribution in [3.63, 3.8) is 0 Å². The normalized spacial score (nSPS) is 21.5. The van der Waals surface area contributed by atoms with Crippen LogP contribution in [0.5, 0.6) is 0 Å². The fraction of sp³-hybridized carbons (Fsp3) is 0.357. The zero-order chi connectivity index (χ0) is 14.9. The van der Waals surface area contributed by atoms with Crippen LogP contribution in [-0.2, 0) is 15.1 Å². The molecule has 0 saturated carbocycles. The van der Waals surface area contributed by atoms with Crippen molar-refractivity contribution in [2.75, 3.05) is 0 Å². The summed E-state index contributed by atoms with van der Waals surface area (Å²) in [6.07, 6.45) is -0.187. The first-order valence-electron chi connectivity index (χ1n) is 6.29. The molecule has 1 saturated heterocycles. The molecule has 1 fully saturated rings. The molecule has 20 heavy (non-hydrogen) atoms. The van der Waals surface area contributed by atoms with Gasteiger partial charge in [0.15, 0.2) is 0 Å². The highest BCUT2D eigenvalue weighted by molar-refractivity contribution is 6.07. The monoisotopic (exact) mass is 276 g/mol. The summed E-state index contributed by atoms with van der Waals surface area (Å²) in [6, 6.07) is 4.93. The van der Waals surface area contributed by atoms with E-state index < -0.39 is 23.4 Å². The highest BCUT2D eigenvalue weighted by atomic mass is 16.4. The number of nitrogens with one attached hydrogen (secondary N) is 2. The lowest BCUT2D eigenvalue weighted by atomic mass is 9.80. The van der Waals surface area contributed by atoms with Gasteiger partial charge < -0.3 is 10.4 Å². The maximum absolute atomic E-state index is 12.2. The number of benzene rings is 1. The first kappa shape index (κ1) is 14.0. The standard InChI is InChI=1S/C14H16N2O4/c1-8-4-3-5-9(2)11(8)14(7-6-10(17)18)12(19)15-13(20)16-14/h3-5H,6-7H2,1-2H3,(H,17,18)(H2,15,16,19,20). The summed E-state index contributed by atoms with van der Waals surface area (Å²) in [6.45, 7) is 3.67. The number of aryl methyl sites for hydroxylation is 2. The summed E-state index contributed by atoms with van der Waals surface area (Å²) >= 11 is 0. The number of hydrogen-bond donors (Lipinski definition) is 3. The van der Waals surface area contributed by atoms with E-state index in [0.717, 1.165) is 11.1 Å². The van der Waals surface area contributed by atoms with E-state index in [1.54, 1.807) is 0 Å². The summed E-state index contributed by atoms with van der Waals surface area (Å²) in [5, 5.41) is 13.7. The SMILES string of the molecule is Cc1cccc(C)c1C1(CCC(=O)O)NC(=O)NC1=O. The van der Waals surface area contributed by atoms with Gasteiger partial charge in [-0.2, -0.15) is 0 Å². The molecule has 3 N–H and O–H groups in total. The zero-order valence-electron chi connectivity index (χ0n) is 11.3. The Morgan fingerprint density at radius 1 is 1.25 bits per heavy atom. The predicted octanol–water partition coefficient (Wildman–Crippen LogP) is 1.20. The van der Waals surface area contributed by atoms with Gasteiger partial charge in [-0.05, 0) is 37.0 Å². The van der Waals surface area contributed by atoms with Crippen LogP contribution in [0.25, 0.3) is 0 Å². The number of imide groups is 1. The molecule has 0 radical (unpaired) electrons. The summed E-state index contributed by atoms with van der Waals surface area (Å²) in [5.74, 6) is -1.51. The topological polar surface area (TPSA) is 95.5 Å². The molecule has 1 atom stereocenters. The van der Waals surface area contributed by atoms with Gasteiger partial charge in [0.05, 0.1) is 0 Å². The van der Waals surface area contributed by atoms with Gasteiger partial charge in [-0.15, -0.1) is 0 Å². The largest absolute Gasteiger partial charge is 0.481 e. The lowest BCUT2D eigenvalue weighted by Crippen LogP contribution is -2.45. The van der Waals surface area contributed by atoms with E-state index in [4.69, 9.17) is 5.11 Å². The lowest BCUT2D eigenvalue weighted by molar-refractivity contribution is -0.137. The van der Waals surface area contributed by atoms with E-state index in [-0.39, 0.29) is 12.8 Å². The Morgan fingerprint density at radius 2 is 1.85 bits per heavy atom. The third-order valence-electron chi connectivity index (χ3n) is 3.56. The average molecular weight is 276 g/mol. The van der Waals surface area contributed by atoms with Crippen molar-refractivity contribution in [1.82, 2.24) is 10.6 Å². The molecular weight excluding hydrogens is 260 g/mol. The summed E-state index contributed by atoms with van der Waals surface area (Å²) < 4.78 is 0. The number of amides is 3. The molecule has 1 aliphatic rings. The summed E-state index contributed by atoms with van der Waals surface area (Å²) in [4.78, 5) is 34.6. The highest BCUT2D eigenvalue weighted by Crippen LogP contribution is 2.34. The molecule has 1 aromatic carbocycles. The minimum Gasteiger partial charge on any atom is -0.481 e. The Bertz CT molecular complexity index is 577. The Balaban J connectivity index is 2.55.